The molecule has 0 spiro atoms. The van der Waals surface area contributed by atoms with Gasteiger partial charge in [0.15, 0.2) is 5.65 Å². The largest absolute Gasteiger partial charge is 0.355 e. The first-order chi connectivity index (χ1) is 9.31. The van der Waals surface area contributed by atoms with Crippen LogP contribution in [0, 0.1) is 0 Å². The van der Waals surface area contributed by atoms with Crippen molar-refractivity contribution in [2.75, 3.05) is 20.1 Å². The molecule has 3 rings (SSSR count). The van der Waals surface area contributed by atoms with E-state index in [0.717, 1.165) is 31.6 Å². The Morgan fingerprint density at radius 1 is 1.58 bits per heavy atom. The third kappa shape index (κ3) is 2.08. The molecule has 1 aliphatic heterocycles. The van der Waals surface area contributed by atoms with Crippen LogP contribution >= 0.6 is 0 Å². The fourth-order valence-electron chi connectivity index (χ4n) is 2.62. The lowest BCUT2D eigenvalue weighted by Gasteiger charge is -2.23. The summed E-state index contributed by atoms with van der Waals surface area (Å²) >= 11 is 0. The molecule has 6 nitrogen and oxygen atoms in total. The molecule has 1 amide bonds. The minimum atomic E-state index is -0.151. The number of aromatic nitrogens is 3. The van der Waals surface area contributed by atoms with E-state index >= 15 is 0 Å². The Morgan fingerprint density at radius 3 is 3.21 bits per heavy atom. The van der Waals surface area contributed by atoms with Gasteiger partial charge < -0.3 is 10.6 Å². The molecule has 19 heavy (non-hydrogen) atoms. The lowest BCUT2D eigenvalue weighted by atomic mass is 9.96. The summed E-state index contributed by atoms with van der Waals surface area (Å²) in [4.78, 5) is 16.0. The van der Waals surface area contributed by atoms with Crippen molar-refractivity contribution in [3.8, 4) is 0 Å². The van der Waals surface area contributed by atoms with Crippen molar-refractivity contribution in [3.05, 3.63) is 29.7 Å². The number of piperidine rings is 1. The van der Waals surface area contributed by atoms with Crippen molar-refractivity contribution in [2.45, 2.75) is 18.8 Å². The summed E-state index contributed by atoms with van der Waals surface area (Å²) in [6, 6.07) is 1.99. The first-order valence-corrected chi connectivity index (χ1v) is 6.56. The molecule has 2 aromatic heterocycles. The Hall–Kier alpha value is -1.95. The van der Waals surface area contributed by atoms with E-state index in [-0.39, 0.29) is 5.91 Å². The summed E-state index contributed by atoms with van der Waals surface area (Å²) in [5.41, 5.74) is 2.27. The average molecular weight is 259 g/mol. The zero-order valence-corrected chi connectivity index (χ0v) is 10.9. The van der Waals surface area contributed by atoms with Crippen molar-refractivity contribution in [3.63, 3.8) is 0 Å². The number of hydrogen-bond donors (Lipinski definition) is 2. The van der Waals surface area contributed by atoms with Crippen LogP contribution in [0.3, 0.4) is 0 Å². The van der Waals surface area contributed by atoms with Gasteiger partial charge in [0.25, 0.3) is 5.91 Å². The first kappa shape index (κ1) is 12.1. The van der Waals surface area contributed by atoms with Crippen LogP contribution < -0.4 is 10.6 Å². The van der Waals surface area contributed by atoms with Gasteiger partial charge in [-0.2, -0.15) is 5.10 Å². The smallest absolute Gasteiger partial charge is 0.256 e. The van der Waals surface area contributed by atoms with Crippen molar-refractivity contribution >= 4 is 11.6 Å². The number of carbonyl (C=O) groups excluding carboxylic acids is 1. The first-order valence-electron chi connectivity index (χ1n) is 6.56. The van der Waals surface area contributed by atoms with E-state index in [9.17, 15) is 4.79 Å². The fraction of sp³-hybridized carbons (Fsp3) is 0.462. The molecule has 1 fully saturated rings. The number of carbonyl (C=O) groups is 1. The zero-order chi connectivity index (χ0) is 13.2. The van der Waals surface area contributed by atoms with Gasteiger partial charge in [0, 0.05) is 25.7 Å². The van der Waals surface area contributed by atoms with Gasteiger partial charge in [0.1, 0.15) is 5.56 Å². The SMILES string of the molecule is CNC(=O)c1cnn2c([C@@H]3CCCNC3)ccnc12. The number of nitrogens with zero attached hydrogens (tertiary/aromatic N) is 3. The third-order valence-corrected chi connectivity index (χ3v) is 3.62. The lowest BCUT2D eigenvalue weighted by molar-refractivity contribution is 0.0964. The van der Waals surface area contributed by atoms with E-state index in [1.54, 1.807) is 24.0 Å². The maximum absolute atomic E-state index is 11.8. The van der Waals surface area contributed by atoms with E-state index < -0.39 is 0 Å². The highest BCUT2D eigenvalue weighted by Gasteiger charge is 2.20. The summed E-state index contributed by atoms with van der Waals surface area (Å²) in [6.45, 7) is 2.03. The van der Waals surface area contributed by atoms with E-state index in [1.807, 2.05) is 6.07 Å². The number of rotatable bonds is 2. The highest BCUT2D eigenvalue weighted by molar-refractivity contribution is 5.99. The molecular weight excluding hydrogens is 242 g/mol. The van der Waals surface area contributed by atoms with Crippen molar-refractivity contribution in [2.24, 2.45) is 0 Å². The topological polar surface area (TPSA) is 71.3 Å². The molecule has 6 heteroatoms. The Labute approximate surface area is 111 Å². The molecular formula is C13H17N5O. The van der Waals surface area contributed by atoms with Gasteiger partial charge in [-0.3, -0.25) is 4.79 Å². The van der Waals surface area contributed by atoms with Crippen LogP contribution in [-0.4, -0.2) is 40.6 Å². The summed E-state index contributed by atoms with van der Waals surface area (Å²) in [5.74, 6) is 0.276. The normalized spacial score (nSPS) is 19.5. The van der Waals surface area contributed by atoms with Gasteiger partial charge in [-0.25, -0.2) is 9.50 Å². The van der Waals surface area contributed by atoms with Crippen LogP contribution in [0.5, 0.6) is 0 Å². The van der Waals surface area contributed by atoms with Gasteiger partial charge in [-0.05, 0) is 25.5 Å². The average Bonchev–Trinajstić information content (AvgIpc) is 2.91. The molecule has 0 saturated carbocycles. The van der Waals surface area contributed by atoms with Gasteiger partial charge in [0.2, 0.25) is 0 Å². The monoisotopic (exact) mass is 259 g/mol. The minimum Gasteiger partial charge on any atom is -0.355 e. The molecule has 100 valence electrons. The summed E-state index contributed by atoms with van der Waals surface area (Å²) in [6.07, 6.45) is 5.65. The highest BCUT2D eigenvalue weighted by Crippen LogP contribution is 2.23. The van der Waals surface area contributed by atoms with Crippen molar-refractivity contribution in [1.29, 1.82) is 0 Å². The van der Waals surface area contributed by atoms with Crippen LogP contribution in [0.15, 0.2) is 18.5 Å². The van der Waals surface area contributed by atoms with Crippen molar-refractivity contribution in [1.82, 2.24) is 25.2 Å². The quantitative estimate of drug-likeness (QED) is 0.826. The molecule has 1 atom stereocenters. The number of hydrogen-bond acceptors (Lipinski definition) is 4. The predicted molar refractivity (Wildman–Crippen MR) is 71.2 cm³/mol. The second-order valence-electron chi connectivity index (χ2n) is 4.79. The van der Waals surface area contributed by atoms with Gasteiger partial charge in [0.05, 0.1) is 11.9 Å². The van der Waals surface area contributed by atoms with E-state index in [2.05, 4.69) is 20.7 Å². The number of nitrogens with one attached hydrogen (secondary N) is 2. The maximum atomic E-state index is 11.8. The molecule has 1 aliphatic rings. The Balaban J connectivity index is 2.06. The lowest BCUT2D eigenvalue weighted by Crippen LogP contribution is -2.29. The second kappa shape index (κ2) is 4.97. The maximum Gasteiger partial charge on any atom is 0.256 e. The highest BCUT2D eigenvalue weighted by atomic mass is 16.1. The Kier molecular flexibility index (Phi) is 3.16. The molecule has 0 aliphatic carbocycles. The van der Waals surface area contributed by atoms with Crippen molar-refractivity contribution < 1.29 is 4.79 Å². The molecule has 0 unspecified atom stereocenters. The van der Waals surface area contributed by atoms with Crippen LogP contribution in [0.4, 0.5) is 0 Å². The minimum absolute atomic E-state index is 0.151. The molecule has 0 radical (unpaired) electrons. The number of fused-ring (bicyclic) bond motifs is 1. The summed E-state index contributed by atoms with van der Waals surface area (Å²) in [7, 11) is 1.61. The molecule has 0 aromatic carbocycles. The van der Waals surface area contributed by atoms with E-state index in [1.165, 1.54) is 0 Å². The van der Waals surface area contributed by atoms with Crippen LogP contribution in [0.2, 0.25) is 0 Å². The van der Waals surface area contributed by atoms with Gasteiger partial charge in [-0.1, -0.05) is 0 Å². The van der Waals surface area contributed by atoms with E-state index in [0.29, 0.717) is 17.1 Å². The fourth-order valence-corrected chi connectivity index (χ4v) is 2.62. The summed E-state index contributed by atoms with van der Waals surface area (Å²) in [5, 5.41) is 10.3. The molecule has 2 N–H and O–H groups in total. The predicted octanol–water partition coefficient (Wildman–Crippen LogP) is 0.556. The second-order valence-corrected chi connectivity index (χ2v) is 4.79. The van der Waals surface area contributed by atoms with E-state index in [4.69, 9.17) is 0 Å². The Morgan fingerprint density at radius 2 is 2.47 bits per heavy atom. The molecule has 0 bridgehead atoms. The van der Waals surface area contributed by atoms with Crippen LogP contribution in [-0.2, 0) is 0 Å². The Bertz CT molecular complexity index is 600. The standard InChI is InChI=1S/C13H17N5O/c1-14-13(19)10-8-17-18-11(4-6-16-12(10)18)9-3-2-5-15-7-9/h4,6,8-9,15H,2-3,5,7H2,1H3,(H,14,19)/t9-/m1/s1. The van der Waals surface area contributed by atoms with Gasteiger partial charge in [-0.15, -0.1) is 0 Å². The third-order valence-electron chi connectivity index (χ3n) is 3.62. The molecule has 3 heterocycles. The zero-order valence-electron chi connectivity index (χ0n) is 10.9. The summed E-state index contributed by atoms with van der Waals surface area (Å²) < 4.78 is 1.79. The van der Waals surface area contributed by atoms with Gasteiger partial charge >= 0.3 is 0 Å². The molecule has 1 saturated heterocycles. The van der Waals surface area contributed by atoms with Crippen LogP contribution in [0.1, 0.15) is 34.8 Å². The molecule has 2 aromatic rings. The van der Waals surface area contributed by atoms with Crippen LogP contribution in [0.25, 0.3) is 5.65 Å². The number of amides is 1.